The molecule has 0 bridgehead atoms. The summed E-state index contributed by atoms with van der Waals surface area (Å²) in [5, 5.41) is 0. The molecule has 4 heterocycles. The standard InChI is InChI=1S/C47H142O24Si27/c1-46-41-74(3)54-80(9)60-84(49-46)33-38-90(17,18)65-94(25,26)68-96(29,30)70-98(53-73-51-72-52-88(13,14)37-35-86-58-78(7)44-76(5)56-82(11)62-86,71-97(31,32)69-95(27,28)66-91(19,20)39-34-85-50-47(2)42-75(4)55-81(10)61-85)67-92(21,22)43-48-93(23,24)64-89(15,16)40-36-87-59-79(8)45-77(6)57-83(12)63-87/h46-47,74-87H,33-45,72-73H2,1-32H3. The highest BCUT2D eigenvalue weighted by molar-refractivity contribution is 6.94. The normalized spacial score (nSPS) is 31.5. The molecular formula is C47H142O24Si27. The van der Waals surface area contributed by atoms with Crippen LogP contribution in [-0.2, 0) is 99.7 Å². The molecule has 16 unspecified atom stereocenters. The van der Waals surface area contributed by atoms with Gasteiger partial charge in [-0.15, -0.1) is 0 Å². The zero-order chi connectivity index (χ0) is 74.3. The molecule has 0 aromatic carbocycles. The second-order valence-electron chi connectivity index (χ2n) is 33.3. The molecule has 51 heteroatoms. The summed E-state index contributed by atoms with van der Waals surface area (Å²) in [5.74, 6) is 0. The molecule has 0 radical (unpaired) electrons. The van der Waals surface area contributed by atoms with E-state index in [-0.39, 0.29) is 12.2 Å². The molecule has 4 aliphatic rings. The van der Waals surface area contributed by atoms with Gasteiger partial charge in [-0.2, -0.15) is 0 Å². The molecule has 0 amide bonds. The first-order valence-corrected chi connectivity index (χ1v) is 100. The molecule has 0 aromatic heterocycles. The third kappa shape index (κ3) is 40.4. The van der Waals surface area contributed by atoms with E-state index in [0.29, 0.717) is 6.23 Å². The van der Waals surface area contributed by atoms with Crippen molar-refractivity contribution in [3.05, 3.63) is 0 Å². The lowest BCUT2D eigenvalue weighted by molar-refractivity contribution is 0.113. The summed E-state index contributed by atoms with van der Waals surface area (Å²) in [5.41, 5.74) is 2.30. The van der Waals surface area contributed by atoms with Gasteiger partial charge >= 0.3 is 89.0 Å². The Morgan fingerprint density at radius 1 is 0.316 bits per heavy atom. The smallest absolute Gasteiger partial charge is 0.442 e. The molecule has 4 fully saturated rings. The van der Waals surface area contributed by atoms with E-state index in [1.54, 1.807) is 0 Å². The van der Waals surface area contributed by atoms with Gasteiger partial charge in [0.05, 0.1) is 6.23 Å². The molecule has 4 aliphatic heterocycles. The Labute approximate surface area is 636 Å². The second-order valence-corrected chi connectivity index (χ2v) is 116. The minimum Gasteiger partial charge on any atom is -0.442 e. The average Bonchev–Trinajstić information content (AvgIpc) is 0.778. The quantitative estimate of drug-likeness (QED) is 0.0443. The molecule has 582 valence electrons. The van der Waals surface area contributed by atoms with E-state index in [1.165, 1.54) is 0 Å². The van der Waals surface area contributed by atoms with E-state index >= 15 is 0 Å². The van der Waals surface area contributed by atoms with Gasteiger partial charge < -0.3 is 99.7 Å². The maximum Gasteiger partial charge on any atom is 0.641 e. The molecule has 4 rings (SSSR count). The Morgan fingerprint density at radius 3 is 1.01 bits per heavy atom. The minimum absolute atomic E-state index is 0.138. The predicted molar refractivity (Wildman–Crippen MR) is 464 cm³/mol. The molecule has 0 aliphatic carbocycles. The van der Waals surface area contributed by atoms with Crippen LogP contribution in [0.2, 0.25) is 268 Å². The fraction of sp³-hybridized carbons (Fsp3) is 1.00. The summed E-state index contributed by atoms with van der Waals surface area (Å²) in [7, 11) is -58.2. The van der Waals surface area contributed by atoms with Crippen LogP contribution in [0.5, 0.6) is 0 Å². The van der Waals surface area contributed by atoms with Crippen LogP contribution in [0.25, 0.3) is 0 Å². The fourth-order valence-corrected chi connectivity index (χ4v) is 125. The zero-order valence-electron chi connectivity index (χ0n) is 67.1. The second kappa shape index (κ2) is 41.6. The van der Waals surface area contributed by atoms with Gasteiger partial charge in [-0.1, -0.05) is 0 Å². The van der Waals surface area contributed by atoms with Crippen molar-refractivity contribution in [1.29, 1.82) is 0 Å². The van der Waals surface area contributed by atoms with E-state index < -0.39 is 242 Å². The van der Waals surface area contributed by atoms with Gasteiger partial charge in [0.1, 0.15) is 0 Å². The maximum atomic E-state index is 7.69. The van der Waals surface area contributed by atoms with Crippen LogP contribution in [0.3, 0.4) is 0 Å². The molecular weight excluding hydrogens is 1710 g/mol. The molecule has 0 spiro atoms. The Hall–Kier alpha value is 4.90. The van der Waals surface area contributed by atoms with Gasteiger partial charge in [-0.05, 0) is 282 Å². The van der Waals surface area contributed by atoms with E-state index in [0.717, 1.165) is 71.8 Å². The molecule has 4 saturated heterocycles. The van der Waals surface area contributed by atoms with E-state index in [9.17, 15) is 0 Å². The van der Waals surface area contributed by atoms with E-state index in [2.05, 4.69) is 210 Å². The summed E-state index contributed by atoms with van der Waals surface area (Å²) < 4.78 is 166. The first kappa shape index (κ1) is 95.3. The molecule has 98 heavy (non-hydrogen) atoms. The Bertz CT molecular complexity index is 2190. The predicted octanol–water partition coefficient (Wildman–Crippen LogP) is 7.21. The highest BCUT2D eigenvalue weighted by Gasteiger charge is 2.60. The molecule has 0 aromatic rings. The van der Waals surface area contributed by atoms with Gasteiger partial charge in [-0.3, -0.25) is 0 Å². The van der Waals surface area contributed by atoms with Crippen LogP contribution in [0, 0.1) is 0 Å². The Morgan fingerprint density at radius 2 is 0.622 bits per heavy atom. The monoisotopic (exact) mass is 1850 g/mol. The summed E-state index contributed by atoms with van der Waals surface area (Å²) >= 11 is 0. The summed E-state index contributed by atoms with van der Waals surface area (Å²) in [6.45, 7) is 70.3. The third-order valence-electron chi connectivity index (χ3n) is 16.5. The molecule has 16 atom stereocenters. The van der Waals surface area contributed by atoms with Crippen LogP contribution < -0.4 is 0 Å². The first-order chi connectivity index (χ1) is 44.6. The largest absolute Gasteiger partial charge is 0.641 e. The Kier molecular flexibility index (Phi) is 40.4. The van der Waals surface area contributed by atoms with Gasteiger partial charge in [0, 0.05) is 12.2 Å². The minimum atomic E-state index is -4.42. The van der Waals surface area contributed by atoms with Gasteiger partial charge in [0.15, 0.2) is 87.5 Å². The first-order valence-electron chi connectivity index (χ1n) is 36.6. The Balaban J connectivity index is 1.69. The van der Waals surface area contributed by atoms with E-state index in [1.807, 2.05) is 0 Å². The van der Waals surface area contributed by atoms with Crippen LogP contribution in [0.4, 0.5) is 0 Å². The van der Waals surface area contributed by atoms with Crippen molar-refractivity contribution >= 4 is 242 Å². The average molecular weight is 1850 g/mol. The van der Waals surface area contributed by atoms with Crippen molar-refractivity contribution in [3.8, 4) is 0 Å². The molecule has 0 N–H and O–H groups in total. The van der Waals surface area contributed by atoms with Gasteiger partial charge in [-0.25, -0.2) is 0 Å². The number of rotatable bonds is 37. The molecule has 0 saturated carbocycles. The van der Waals surface area contributed by atoms with Crippen LogP contribution >= 0.6 is 0 Å². The van der Waals surface area contributed by atoms with Crippen molar-refractivity contribution in [2.24, 2.45) is 0 Å². The van der Waals surface area contributed by atoms with Crippen molar-refractivity contribution in [3.63, 3.8) is 0 Å². The van der Waals surface area contributed by atoms with E-state index in [4.69, 9.17) is 99.7 Å². The lowest BCUT2D eigenvalue weighted by Crippen LogP contribution is -2.68. The highest BCUT2D eigenvalue weighted by Crippen LogP contribution is 2.35. The number of hydrogen-bond acceptors (Lipinski definition) is 24. The lowest BCUT2D eigenvalue weighted by Gasteiger charge is -2.46. The van der Waals surface area contributed by atoms with Crippen LogP contribution in [0.15, 0.2) is 0 Å². The number of hydrogen-bond donors (Lipinski definition) is 0. The van der Waals surface area contributed by atoms with Gasteiger partial charge in [0.2, 0.25) is 8.32 Å². The van der Waals surface area contributed by atoms with Crippen LogP contribution in [0.1, 0.15) is 13.8 Å². The zero-order valence-corrected chi connectivity index (χ0v) is 97.1. The summed E-state index contributed by atoms with van der Waals surface area (Å²) in [6.07, 6.45) is 0.579. The third-order valence-corrected chi connectivity index (χ3v) is 112. The van der Waals surface area contributed by atoms with Crippen molar-refractivity contribution < 1.29 is 99.7 Å². The lowest BCUT2D eigenvalue weighted by atomic mass is 10.5. The fourth-order valence-electron chi connectivity index (χ4n) is 13.5. The van der Waals surface area contributed by atoms with Gasteiger partial charge in [0.25, 0.3) is 57.1 Å². The summed E-state index contributed by atoms with van der Waals surface area (Å²) in [6, 6.07) is 9.13. The topological polar surface area (TPSA) is 222 Å². The SMILES string of the molecule is CC1C[SiH](C)O[SiH](C)O[SiH](CC[Si](C)(C)O[Si](C)(C)O[Si](C)(C)O[Si](O[SiH2]O[SiH2]O[Si](C)(C)CC[SiH]2O[SiH](C)C[SiH](C)O[SiH](C)O2)(O[Si](C)(C)CO[Si](C)(C)O[Si](C)(C)CC[SiH]2O[SiH](C)C[SiH](C)O[SiH](C)O2)O[Si](C)(C)O[Si](C)(C)O[Si](C)(C)CC[SiH]2OC(C)C[SiH](C)O[SiH](C)O2)O1. The maximum absolute atomic E-state index is 7.69. The highest BCUT2D eigenvalue weighted by atomic mass is 28.6. The summed E-state index contributed by atoms with van der Waals surface area (Å²) in [4.78, 5) is 0. The molecule has 24 nitrogen and oxygen atoms in total. The van der Waals surface area contributed by atoms with Crippen LogP contribution in [-0.4, -0.2) is 260 Å². The van der Waals surface area contributed by atoms with Crippen molar-refractivity contribution in [2.45, 2.75) is 294 Å². The van der Waals surface area contributed by atoms with Crippen molar-refractivity contribution in [2.75, 3.05) is 6.23 Å². The van der Waals surface area contributed by atoms with Crippen molar-refractivity contribution in [1.82, 2.24) is 0 Å².